The summed E-state index contributed by atoms with van der Waals surface area (Å²) in [6.07, 6.45) is 5.04. The van der Waals surface area contributed by atoms with Gasteiger partial charge in [0.25, 0.3) is 0 Å². The molecule has 146 valence electrons. The molecule has 0 spiro atoms. The normalized spacial score (nSPS) is 10.6. The first-order chi connectivity index (χ1) is 13.7. The van der Waals surface area contributed by atoms with E-state index in [4.69, 9.17) is 4.74 Å². The zero-order valence-corrected chi connectivity index (χ0v) is 16.9. The van der Waals surface area contributed by atoms with Crippen molar-refractivity contribution in [1.29, 1.82) is 0 Å². The number of unbranched alkanes of at least 4 members (excludes halogenated alkanes) is 1. The second-order valence-corrected chi connectivity index (χ2v) is 7.24. The molecular formula is C21H24N4O2S. The molecule has 0 atom stereocenters. The first-order valence-corrected chi connectivity index (χ1v) is 10.2. The Morgan fingerprint density at radius 2 is 1.96 bits per heavy atom. The Bertz CT molecular complexity index is 909. The average molecular weight is 397 g/mol. The van der Waals surface area contributed by atoms with Crippen LogP contribution in [0.5, 0.6) is 5.75 Å². The number of aryl methyl sites for hydroxylation is 1. The van der Waals surface area contributed by atoms with Crippen molar-refractivity contribution in [1.82, 2.24) is 14.8 Å². The van der Waals surface area contributed by atoms with Crippen molar-refractivity contribution < 1.29 is 9.53 Å². The number of methoxy groups -OCH3 is 1. The van der Waals surface area contributed by atoms with Crippen LogP contribution in [0, 0.1) is 0 Å². The summed E-state index contributed by atoms with van der Waals surface area (Å²) < 4.78 is 7.22. The molecule has 0 aliphatic heterocycles. The molecule has 0 saturated heterocycles. The number of amides is 1. The van der Waals surface area contributed by atoms with Gasteiger partial charge >= 0.3 is 0 Å². The number of aromatic nitrogens is 3. The SMILES string of the molecule is CCCCc1ccc(NC(=O)CSc2nncn2-c2ccccc2OC)cc1. The van der Waals surface area contributed by atoms with Gasteiger partial charge in [0.1, 0.15) is 12.1 Å². The standard InChI is InChI=1S/C21H24N4O2S/c1-3-4-7-16-10-12-17(13-11-16)23-20(26)14-28-21-24-22-15-25(21)18-8-5-6-9-19(18)27-2/h5-6,8-13,15H,3-4,7,14H2,1-2H3,(H,23,26). The van der Waals surface area contributed by atoms with Gasteiger partial charge in [-0.2, -0.15) is 0 Å². The molecule has 6 nitrogen and oxygen atoms in total. The van der Waals surface area contributed by atoms with Crippen LogP contribution in [0.4, 0.5) is 5.69 Å². The number of hydrogen-bond acceptors (Lipinski definition) is 5. The van der Waals surface area contributed by atoms with Crippen LogP contribution in [-0.2, 0) is 11.2 Å². The number of ether oxygens (including phenoxy) is 1. The third kappa shape index (κ3) is 5.13. The van der Waals surface area contributed by atoms with Gasteiger partial charge in [-0.15, -0.1) is 10.2 Å². The molecular weight excluding hydrogens is 372 g/mol. The number of benzene rings is 2. The zero-order chi connectivity index (χ0) is 19.8. The van der Waals surface area contributed by atoms with E-state index in [2.05, 4.69) is 34.6 Å². The minimum absolute atomic E-state index is 0.0825. The molecule has 3 rings (SSSR count). The first kappa shape index (κ1) is 19.9. The van der Waals surface area contributed by atoms with Crippen LogP contribution in [0.15, 0.2) is 60.0 Å². The smallest absolute Gasteiger partial charge is 0.234 e. The maximum Gasteiger partial charge on any atom is 0.234 e. The van der Waals surface area contributed by atoms with Crippen molar-refractivity contribution >= 4 is 23.4 Å². The van der Waals surface area contributed by atoms with E-state index in [0.29, 0.717) is 5.16 Å². The van der Waals surface area contributed by atoms with Gasteiger partial charge in [-0.3, -0.25) is 9.36 Å². The lowest BCUT2D eigenvalue weighted by molar-refractivity contribution is -0.113. The highest BCUT2D eigenvalue weighted by atomic mass is 32.2. The number of nitrogens with one attached hydrogen (secondary N) is 1. The van der Waals surface area contributed by atoms with Crippen molar-refractivity contribution in [3.8, 4) is 11.4 Å². The van der Waals surface area contributed by atoms with Gasteiger partial charge in [-0.05, 0) is 42.7 Å². The van der Waals surface area contributed by atoms with Gasteiger partial charge in [0.2, 0.25) is 5.91 Å². The molecule has 1 N–H and O–H groups in total. The number of hydrogen-bond donors (Lipinski definition) is 1. The summed E-state index contributed by atoms with van der Waals surface area (Å²) in [5.41, 5.74) is 2.93. The Kier molecular flexibility index (Phi) is 7.08. The van der Waals surface area contributed by atoms with E-state index in [1.165, 1.54) is 30.2 Å². The number of para-hydroxylation sites is 2. The second-order valence-electron chi connectivity index (χ2n) is 6.29. The maximum atomic E-state index is 12.3. The zero-order valence-electron chi connectivity index (χ0n) is 16.1. The molecule has 0 aliphatic rings. The fourth-order valence-electron chi connectivity index (χ4n) is 2.78. The van der Waals surface area contributed by atoms with Gasteiger partial charge in [0.05, 0.1) is 18.6 Å². The Morgan fingerprint density at radius 3 is 2.71 bits per heavy atom. The van der Waals surface area contributed by atoms with Gasteiger partial charge in [-0.25, -0.2) is 0 Å². The quantitative estimate of drug-likeness (QED) is 0.545. The van der Waals surface area contributed by atoms with Crippen molar-refractivity contribution in [3.63, 3.8) is 0 Å². The molecule has 0 bridgehead atoms. The lowest BCUT2D eigenvalue weighted by atomic mass is 10.1. The van der Waals surface area contributed by atoms with Gasteiger partial charge in [0, 0.05) is 5.69 Å². The summed E-state index contributed by atoms with van der Waals surface area (Å²) in [6, 6.07) is 15.7. The van der Waals surface area contributed by atoms with Crippen LogP contribution in [0.1, 0.15) is 25.3 Å². The largest absolute Gasteiger partial charge is 0.495 e. The molecule has 28 heavy (non-hydrogen) atoms. The topological polar surface area (TPSA) is 69.0 Å². The molecule has 0 radical (unpaired) electrons. The predicted molar refractivity (Wildman–Crippen MR) is 112 cm³/mol. The van der Waals surface area contributed by atoms with E-state index in [1.54, 1.807) is 13.4 Å². The molecule has 2 aromatic carbocycles. The van der Waals surface area contributed by atoms with Crippen LogP contribution < -0.4 is 10.1 Å². The summed E-state index contributed by atoms with van der Waals surface area (Å²) in [5, 5.41) is 11.7. The highest BCUT2D eigenvalue weighted by molar-refractivity contribution is 7.99. The minimum atomic E-state index is -0.0825. The lowest BCUT2D eigenvalue weighted by Crippen LogP contribution is -2.14. The number of carbonyl (C=O) groups excluding carboxylic acids is 1. The fraction of sp³-hybridized carbons (Fsp3) is 0.286. The number of thioether (sulfide) groups is 1. The van der Waals surface area contributed by atoms with E-state index in [1.807, 2.05) is 41.0 Å². The van der Waals surface area contributed by atoms with Gasteiger partial charge in [0.15, 0.2) is 5.16 Å². The summed E-state index contributed by atoms with van der Waals surface area (Å²) in [7, 11) is 1.62. The summed E-state index contributed by atoms with van der Waals surface area (Å²) in [5.74, 6) is 0.878. The van der Waals surface area contributed by atoms with Crippen molar-refractivity contribution in [2.24, 2.45) is 0 Å². The van der Waals surface area contributed by atoms with Gasteiger partial charge in [-0.1, -0.05) is 49.4 Å². The number of carbonyl (C=O) groups is 1. The molecule has 0 unspecified atom stereocenters. The van der Waals surface area contributed by atoms with Crippen molar-refractivity contribution in [2.45, 2.75) is 31.3 Å². The van der Waals surface area contributed by atoms with E-state index in [9.17, 15) is 4.79 Å². The fourth-order valence-corrected chi connectivity index (χ4v) is 3.50. The minimum Gasteiger partial charge on any atom is -0.495 e. The monoisotopic (exact) mass is 396 g/mol. The average Bonchev–Trinajstić information content (AvgIpc) is 3.20. The molecule has 1 heterocycles. The van der Waals surface area contributed by atoms with Crippen LogP contribution in [0.3, 0.4) is 0 Å². The van der Waals surface area contributed by atoms with E-state index < -0.39 is 0 Å². The van der Waals surface area contributed by atoms with E-state index >= 15 is 0 Å². The Balaban J connectivity index is 1.59. The number of nitrogens with zero attached hydrogens (tertiary/aromatic N) is 3. The maximum absolute atomic E-state index is 12.3. The molecule has 7 heteroatoms. The molecule has 3 aromatic rings. The van der Waals surface area contributed by atoms with Crippen LogP contribution in [-0.4, -0.2) is 33.5 Å². The lowest BCUT2D eigenvalue weighted by Gasteiger charge is -2.10. The van der Waals surface area contributed by atoms with Gasteiger partial charge < -0.3 is 10.1 Å². The van der Waals surface area contributed by atoms with E-state index in [-0.39, 0.29) is 11.7 Å². The molecule has 1 aromatic heterocycles. The Morgan fingerprint density at radius 1 is 1.18 bits per heavy atom. The van der Waals surface area contributed by atoms with Crippen LogP contribution in [0.2, 0.25) is 0 Å². The first-order valence-electron chi connectivity index (χ1n) is 9.26. The highest BCUT2D eigenvalue weighted by Gasteiger charge is 2.13. The van der Waals surface area contributed by atoms with Crippen LogP contribution >= 0.6 is 11.8 Å². The third-order valence-electron chi connectivity index (χ3n) is 4.25. The molecule has 0 aliphatic carbocycles. The summed E-state index contributed by atoms with van der Waals surface area (Å²) in [6.45, 7) is 2.18. The summed E-state index contributed by atoms with van der Waals surface area (Å²) >= 11 is 1.33. The number of anilines is 1. The number of rotatable bonds is 9. The highest BCUT2D eigenvalue weighted by Crippen LogP contribution is 2.26. The molecule has 0 saturated carbocycles. The van der Waals surface area contributed by atoms with E-state index in [0.717, 1.165) is 23.5 Å². The predicted octanol–water partition coefficient (Wildman–Crippen LogP) is 4.35. The molecule has 1 amide bonds. The Hall–Kier alpha value is -2.80. The molecule has 0 fully saturated rings. The second kappa shape index (κ2) is 9.94. The van der Waals surface area contributed by atoms with Crippen molar-refractivity contribution in [2.75, 3.05) is 18.2 Å². The Labute approximate surface area is 169 Å². The summed E-state index contributed by atoms with van der Waals surface area (Å²) in [4.78, 5) is 12.3. The third-order valence-corrected chi connectivity index (χ3v) is 5.19. The van der Waals surface area contributed by atoms with Crippen molar-refractivity contribution in [3.05, 3.63) is 60.4 Å². The van der Waals surface area contributed by atoms with Crippen LogP contribution in [0.25, 0.3) is 5.69 Å².